The Labute approximate surface area is 163 Å². The van der Waals surface area contributed by atoms with Gasteiger partial charge in [0.05, 0.1) is 17.5 Å². The lowest BCUT2D eigenvalue weighted by Crippen LogP contribution is -2.25. The molecule has 7 heteroatoms. The Hall–Kier alpha value is -3.19. The van der Waals surface area contributed by atoms with Gasteiger partial charge in [0.2, 0.25) is 0 Å². The summed E-state index contributed by atoms with van der Waals surface area (Å²) in [5, 5.41) is 11.3. The summed E-state index contributed by atoms with van der Waals surface area (Å²) in [6, 6.07) is 13.6. The largest absolute Gasteiger partial charge is 0.481 e. The maximum atomic E-state index is 12.2. The molecule has 146 valence electrons. The normalized spacial score (nSPS) is 12.1. The van der Waals surface area contributed by atoms with E-state index in [0.717, 1.165) is 23.3 Å². The van der Waals surface area contributed by atoms with E-state index in [4.69, 9.17) is 10.8 Å². The monoisotopic (exact) mass is 380 g/mol. The Morgan fingerprint density at radius 3 is 2.57 bits per heavy atom. The van der Waals surface area contributed by atoms with Crippen molar-refractivity contribution >= 4 is 22.9 Å². The van der Waals surface area contributed by atoms with Crippen LogP contribution in [0, 0.1) is 0 Å². The summed E-state index contributed by atoms with van der Waals surface area (Å²) in [7, 11) is 1.94. The van der Waals surface area contributed by atoms with Gasteiger partial charge in [-0.3, -0.25) is 9.59 Å². The second-order valence-electron chi connectivity index (χ2n) is 6.98. The van der Waals surface area contributed by atoms with Crippen molar-refractivity contribution in [2.75, 3.05) is 6.54 Å². The number of carboxylic acid groups (broad SMARTS) is 1. The number of hydrogen-bond donors (Lipinski definition) is 3. The van der Waals surface area contributed by atoms with Gasteiger partial charge in [0.1, 0.15) is 5.82 Å². The highest BCUT2D eigenvalue weighted by Gasteiger charge is 2.13. The standard InChI is InChI=1S/C21H24N4O3/c1-13(22)11-14-3-5-15(6-4-14)20-24-17-12-16(7-8-18(17)25(20)2)21(28)23-10-9-19(26)27/h3-8,12-13H,9-11,22H2,1-2H3,(H,23,28)(H,26,27). The first-order valence-corrected chi connectivity index (χ1v) is 9.16. The van der Waals surface area contributed by atoms with Crippen molar-refractivity contribution in [3.63, 3.8) is 0 Å². The van der Waals surface area contributed by atoms with Crippen LogP contribution in [0.15, 0.2) is 42.5 Å². The van der Waals surface area contributed by atoms with E-state index < -0.39 is 5.97 Å². The van der Waals surface area contributed by atoms with Gasteiger partial charge in [-0.2, -0.15) is 0 Å². The van der Waals surface area contributed by atoms with Gasteiger partial charge in [-0.25, -0.2) is 4.98 Å². The molecule has 28 heavy (non-hydrogen) atoms. The van der Waals surface area contributed by atoms with E-state index in [1.807, 2.05) is 36.7 Å². The zero-order valence-electron chi connectivity index (χ0n) is 16.0. The first-order chi connectivity index (χ1) is 13.3. The predicted octanol–water partition coefficient (Wildman–Crippen LogP) is 2.33. The maximum Gasteiger partial charge on any atom is 0.305 e. The molecule has 0 aliphatic heterocycles. The number of aliphatic carboxylic acids is 1. The summed E-state index contributed by atoms with van der Waals surface area (Å²) in [4.78, 5) is 27.5. The first kappa shape index (κ1) is 19.6. The summed E-state index contributed by atoms with van der Waals surface area (Å²) >= 11 is 0. The third-order valence-electron chi connectivity index (χ3n) is 4.54. The molecule has 3 aromatic rings. The smallest absolute Gasteiger partial charge is 0.305 e. The highest BCUT2D eigenvalue weighted by Crippen LogP contribution is 2.25. The van der Waals surface area contributed by atoms with Crippen molar-refractivity contribution in [2.24, 2.45) is 12.8 Å². The molecule has 0 radical (unpaired) electrons. The second-order valence-corrected chi connectivity index (χ2v) is 6.98. The zero-order chi connectivity index (χ0) is 20.3. The number of carbonyl (C=O) groups is 2. The Balaban J connectivity index is 1.84. The molecule has 0 aliphatic rings. The Morgan fingerprint density at radius 2 is 1.93 bits per heavy atom. The number of hydrogen-bond acceptors (Lipinski definition) is 4. The molecule has 1 amide bonds. The first-order valence-electron chi connectivity index (χ1n) is 9.16. The lowest BCUT2D eigenvalue weighted by atomic mass is 10.1. The van der Waals surface area contributed by atoms with Gasteiger partial charge in [-0.05, 0) is 37.1 Å². The summed E-state index contributed by atoms with van der Waals surface area (Å²) < 4.78 is 1.99. The number of carboxylic acids is 1. The fraction of sp³-hybridized carbons (Fsp3) is 0.286. The average molecular weight is 380 g/mol. The number of rotatable bonds is 7. The van der Waals surface area contributed by atoms with Crippen molar-refractivity contribution in [3.05, 3.63) is 53.6 Å². The average Bonchev–Trinajstić information content (AvgIpc) is 2.97. The van der Waals surface area contributed by atoms with Crippen LogP contribution in [-0.4, -0.2) is 39.1 Å². The van der Waals surface area contributed by atoms with Crippen molar-refractivity contribution in [3.8, 4) is 11.4 Å². The summed E-state index contributed by atoms with van der Waals surface area (Å²) in [5.74, 6) is -0.446. The lowest BCUT2D eigenvalue weighted by molar-refractivity contribution is -0.136. The van der Waals surface area contributed by atoms with Crippen LogP contribution in [0.3, 0.4) is 0 Å². The van der Waals surface area contributed by atoms with E-state index in [2.05, 4.69) is 22.4 Å². The highest BCUT2D eigenvalue weighted by atomic mass is 16.4. The van der Waals surface area contributed by atoms with Crippen LogP contribution in [0.25, 0.3) is 22.4 Å². The van der Waals surface area contributed by atoms with E-state index in [-0.39, 0.29) is 24.9 Å². The molecular weight excluding hydrogens is 356 g/mol. The summed E-state index contributed by atoms with van der Waals surface area (Å²) in [6.07, 6.45) is 0.712. The molecule has 0 saturated heterocycles. The molecule has 4 N–H and O–H groups in total. The molecule has 0 bridgehead atoms. The molecule has 0 fully saturated rings. The van der Waals surface area contributed by atoms with Gasteiger partial charge in [-0.1, -0.05) is 24.3 Å². The molecule has 1 aromatic heterocycles. The van der Waals surface area contributed by atoms with Crippen molar-refractivity contribution in [1.29, 1.82) is 0 Å². The fourth-order valence-electron chi connectivity index (χ4n) is 3.15. The van der Waals surface area contributed by atoms with Crippen molar-refractivity contribution in [2.45, 2.75) is 25.8 Å². The van der Waals surface area contributed by atoms with Crippen molar-refractivity contribution in [1.82, 2.24) is 14.9 Å². The highest BCUT2D eigenvalue weighted by molar-refractivity contribution is 5.98. The zero-order valence-corrected chi connectivity index (χ0v) is 16.0. The number of nitrogens with one attached hydrogen (secondary N) is 1. The van der Waals surface area contributed by atoms with Gasteiger partial charge < -0.3 is 20.7 Å². The Morgan fingerprint density at radius 1 is 1.21 bits per heavy atom. The van der Waals surface area contributed by atoms with Gasteiger partial charge >= 0.3 is 5.97 Å². The number of amides is 1. The fourth-order valence-corrected chi connectivity index (χ4v) is 3.15. The topological polar surface area (TPSA) is 110 Å². The van der Waals surface area contributed by atoms with E-state index in [1.165, 1.54) is 5.56 Å². The second kappa shape index (κ2) is 8.22. The van der Waals surface area contributed by atoms with Gasteiger partial charge in [0, 0.05) is 30.8 Å². The number of benzene rings is 2. The number of nitrogens with two attached hydrogens (primary N) is 1. The van der Waals surface area contributed by atoms with Gasteiger partial charge in [0.15, 0.2) is 0 Å². The number of aryl methyl sites for hydroxylation is 1. The summed E-state index contributed by atoms with van der Waals surface area (Å²) in [5.41, 5.74) is 10.1. The molecule has 3 rings (SSSR count). The van der Waals surface area contributed by atoms with Crippen molar-refractivity contribution < 1.29 is 14.7 Å². The predicted molar refractivity (Wildman–Crippen MR) is 108 cm³/mol. The minimum atomic E-state index is -0.947. The lowest BCUT2D eigenvalue weighted by Gasteiger charge is -2.07. The third-order valence-corrected chi connectivity index (χ3v) is 4.54. The van der Waals surface area contributed by atoms with E-state index in [0.29, 0.717) is 11.1 Å². The van der Waals surface area contributed by atoms with Gasteiger partial charge in [0.25, 0.3) is 5.91 Å². The van der Waals surface area contributed by atoms with Crippen LogP contribution in [-0.2, 0) is 18.3 Å². The van der Waals surface area contributed by atoms with Gasteiger partial charge in [-0.15, -0.1) is 0 Å². The minimum Gasteiger partial charge on any atom is -0.481 e. The van der Waals surface area contributed by atoms with Crippen LogP contribution >= 0.6 is 0 Å². The molecule has 1 heterocycles. The van der Waals surface area contributed by atoms with Crippen LogP contribution in [0.5, 0.6) is 0 Å². The Bertz CT molecular complexity index is 1010. The molecule has 0 saturated carbocycles. The van der Waals surface area contributed by atoms with Crippen LogP contribution in [0.2, 0.25) is 0 Å². The quantitative estimate of drug-likeness (QED) is 0.583. The molecule has 0 spiro atoms. The van der Waals surface area contributed by atoms with Crippen LogP contribution < -0.4 is 11.1 Å². The van der Waals surface area contributed by atoms with Crippen LogP contribution in [0.4, 0.5) is 0 Å². The molecule has 0 aliphatic carbocycles. The molecule has 7 nitrogen and oxygen atoms in total. The molecule has 1 unspecified atom stereocenters. The molecule has 1 atom stereocenters. The number of aromatic nitrogens is 2. The van der Waals surface area contributed by atoms with E-state index in [1.54, 1.807) is 12.1 Å². The van der Waals surface area contributed by atoms with E-state index in [9.17, 15) is 9.59 Å². The number of nitrogens with zero attached hydrogens (tertiary/aromatic N) is 2. The molecular formula is C21H24N4O3. The number of imidazole rings is 1. The van der Waals surface area contributed by atoms with E-state index >= 15 is 0 Å². The maximum absolute atomic E-state index is 12.2. The minimum absolute atomic E-state index is 0.0907. The SMILES string of the molecule is CC(N)Cc1ccc(-c2nc3cc(C(=O)NCCC(=O)O)ccc3n2C)cc1. The third kappa shape index (κ3) is 4.37. The molecule has 2 aromatic carbocycles. The van der Waals surface area contributed by atoms with Crippen LogP contribution in [0.1, 0.15) is 29.3 Å². The number of fused-ring (bicyclic) bond motifs is 1. The summed E-state index contributed by atoms with van der Waals surface area (Å²) in [6.45, 7) is 2.07. The Kier molecular flexibility index (Phi) is 5.75. The number of carbonyl (C=O) groups excluding carboxylic acids is 1.